The summed E-state index contributed by atoms with van der Waals surface area (Å²) in [5, 5.41) is 0. The Hall–Kier alpha value is -0.0500. The van der Waals surface area contributed by atoms with Crippen molar-refractivity contribution in [2.24, 2.45) is 5.92 Å². The summed E-state index contributed by atoms with van der Waals surface area (Å²) in [5.74, 6) is 1.00. The summed E-state index contributed by atoms with van der Waals surface area (Å²) in [5.41, 5.74) is 0. The first-order chi connectivity index (χ1) is 6.15. The Bertz CT molecular complexity index is 178. The Labute approximate surface area is 88.8 Å². The third-order valence-electron chi connectivity index (χ3n) is 2.74. The minimum Gasteiger partial charge on any atom is -0.342 e. The third kappa shape index (κ3) is 2.97. The van der Waals surface area contributed by atoms with Crippen LogP contribution in [0.1, 0.15) is 33.1 Å². The molecule has 1 amide bonds. The van der Waals surface area contributed by atoms with Crippen molar-refractivity contribution in [3.8, 4) is 0 Å². The molecule has 1 saturated carbocycles. The van der Waals surface area contributed by atoms with Crippen LogP contribution in [0.2, 0.25) is 0 Å². The second-order valence-corrected chi connectivity index (χ2v) is 5.16. The van der Waals surface area contributed by atoms with E-state index in [4.69, 9.17) is 0 Å². The maximum atomic E-state index is 11.6. The summed E-state index contributed by atoms with van der Waals surface area (Å²) >= 11 is 3.32. The molecule has 13 heavy (non-hydrogen) atoms. The quantitative estimate of drug-likeness (QED) is 0.699. The molecule has 1 aliphatic rings. The Morgan fingerprint density at radius 3 is 2.54 bits per heavy atom. The number of hydrogen-bond donors (Lipinski definition) is 0. The first kappa shape index (κ1) is 11.0. The van der Waals surface area contributed by atoms with E-state index in [1.165, 1.54) is 19.3 Å². The molecule has 76 valence electrons. The monoisotopic (exact) mass is 247 g/mol. The van der Waals surface area contributed by atoms with Crippen LogP contribution in [0.25, 0.3) is 0 Å². The van der Waals surface area contributed by atoms with E-state index < -0.39 is 0 Å². The van der Waals surface area contributed by atoms with Gasteiger partial charge in [-0.2, -0.15) is 0 Å². The lowest BCUT2D eigenvalue weighted by Gasteiger charge is -2.32. The van der Waals surface area contributed by atoms with E-state index >= 15 is 0 Å². The zero-order valence-electron chi connectivity index (χ0n) is 8.42. The fourth-order valence-corrected chi connectivity index (χ4v) is 1.90. The molecule has 1 unspecified atom stereocenters. The highest BCUT2D eigenvalue weighted by molar-refractivity contribution is 9.10. The van der Waals surface area contributed by atoms with Gasteiger partial charge in [-0.15, -0.1) is 0 Å². The highest BCUT2D eigenvalue weighted by Crippen LogP contribution is 2.27. The van der Waals surface area contributed by atoms with Crippen LogP contribution in [0.4, 0.5) is 0 Å². The Kier molecular flexibility index (Phi) is 4.23. The van der Waals surface area contributed by atoms with Gasteiger partial charge in [-0.1, -0.05) is 22.4 Å². The summed E-state index contributed by atoms with van der Waals surface area (Å²) in [4.78, 5) is 13.6. The average Bonchev–Trinajstić information content (AvgIpc) is 2.02. The predicted molar refractivity (Wildman–Crippen MR) is 58.0 cm³/mol. The van der Waals surface area contributed by atoms with Crippen molar-refractivity contribution in [3.05, 3.63) is 0 Å². The molecular weight excluding hydrogens is 230 g/mol. The minimum absolute atomic E-state index is 0.0347. The van der Waals surface area contributed by atoms with E-state index in [-0.39, 0.29) is 10.7 Å². The van der Waals surface area contributed by atoms with Gasteiger partial charge in [0, 0.05) is 13.1 Å². The molecule has 1 fully saturated rings. The van der Waals surface area contributed by atoms with Crippen LogP contribution in [0, 0.1) is 5.92 Å². The topological polar surface area (TPSA) is 20.3 Å². The van der Waals surface area contributed by atoms with Crippen molar-refractivity contribution in [1.82, 2.24) is 4.90 Å². The second kappa shape index (κ2) is 4.99. The second-order valence-electron chi connectivity index (χ2n) is 3.79. The molecule has 0 aromatic rings. The third-order valence-corrected chi connectivity index (χ3v) is 3.13. The molecule has 0 N–H and O–H groups in total. The van der Waals surface area contributed by atoms with Gasteiger partial charge in [0.1, 0.15) is 0 Å². The summed E-state index contributed by atoms with van der Waals surface area (Å²) in [6.07, 6.45) is 3.96. The van der Waals surface area contributed by atoms with Gasteiger partial charge in [0.15, 0.2) is 0 Å². The van der Waals surface area contributed by atoms with E-state index in [0.29, 0.717) is 0 Å². The van der Waals surface area contributed by atoms with E-state index in [9.17, 15) is 4.79 Å². The van der Waals surface area contributed by atoms with Crippen molar-refractivity contribution < 1.29 is 4.79 Å². The highest BCUT2D eigenvalue weighted by atomic mass is 79.9. The van der Waals surface area contributed by atoms with Crippen molar-refractivity contribution >= 4 is 21.8 Å². The Balaban J connectivity index is 2.36. The van der Waals surface area contributed by atoms with Gasteiger partial charge in [0.25, 0.3) is 0 Å². The number of hydrogen-bond acceptors (Lipinski definition) is 1. The maximum absolute atomic E-state index is 11.6. The number of carbonyl (C=O) groups is 1. The van der Waals surface area contributed by atoms with Gasteiger partial charge in [0.05, 0.1) is 4.83 Å². The van der Waals surface area contributed by atoms with E-state index in [1.807, 2.05) is 18.7 Å². The van der Waals surface area contributed by atoms with Crippen LogP contribution < -0.4 is 0 Å². The van der Waals surface area contributed by atoms with Crippen molar-refractivity contribution in [2.45, 2.75) is 37.9 Å². The molecule has 1 rings (SSSR count). The summed E-state index contributed by atoms with van der Waals surface area (Å²) < 4.78 is 0. The van der Waals surface area contributed by atoms with Crippen molar-refractivity contribution in [3.63, 3.8) is 0 Å². The number of alkyl halides is 1. The number of amides is 1. The lowest BCUT2D eigenvalue weighted by Crippen LogP contribution is -2.40. The van der Waals surface area contributed by atoms with Crippen molar-refractivity contribution in [2.75, 3.05) is 13.1 Å². The van der Waals surface area contributed by atoms with Gasteiger partial charge < -0.3 is 4.90 Å². The van der Waals surface area contributed by atoms with E-state index in [0.717, 1.165) is 19.0 Å². The van der Waals surface area contributed by atoms with Crippen LogP contribution in [-0.4, -0.2) is 28.7 Å². The van der Waals surface area contributed by atoms with Crippen LogP contribution in [-0.2, 0) is 4.79 Å². The standard InChI is InChI=1S/C10H18BrNO/c1-3-12(10(13)8(2)11)7-9-5-4-6-9/h8-9H,3-7H2,1-2H3. The van der Waals surface area contributed by atoms with Gasteiger partial charge in [-0.25, -0.2) is 0 Å². The molecule has 1 atom stereocenters. The number of nitrogens with zero attached hydrogens (tertiary/aromatic N) is 1. The highest BCUT2D eigenvalue weighted by Gasteiger charge is 2.24. The zero-order valence-corrected chi connectivity index (χ0v) is 10.0. The minimum atomic E-state index is -0.0347. The molecule has 0 bridgehead atoms. The van der Waals surface area contributed by atoms with Crippen LogP contribution in [0.15, 0.2) is 0 Å². The molecular formula is C10H18BrNO. The predicted octanol–water partition coefficient (Wildman–Crippen LogP) is 2.42. The molecule has 0 spiro atoms. The number of rotatable bonds is 4. The Morgan fingerprint density at radius 2 is 2.23 bits per heavy atom. The molecule has 0 radical (unpaired) electrons. The molecule has 0 aromatic carbocycles. The lowest BCUT2D eigenvalue weighted by molar-refractivity contribution is -0.131. The van der Waals surface area contributed by atoms with Crippen LogP contribution >= 0.6 is 15.9 Å². The van der Waals surface area contributed by atoms with Gasteiger partial charge in [-0.3, -0.25) is 4.79 Å². The SMILES string of the molecule is CCN(CC1CCC1)C(=O)C(C)Br. The van der Waals surface area contributed by atoms with Gasteiger partial charge in [-0.05, 0) is 32.6 Å². The molecule has 2 nitrogen and oxygen atoms in total. The molecule has 0 saturated heterocycles. The first-order valence-electron chi connectivity index (χ1n) is 5.08. The largest absolute Gasteiger partial charge is 0.342 e. The molecule has 0 aliphatic heterocycles. The van der Waals surface area contributed by atoms with Crippen LogP contribution in [0.5, 0.6) is 0 Å². The average molecular weight is 248 g/mol. The maximum Gasteiger partial charge on any atom is 0.236 e. The molecule has 0 heterocycles. The fraction of sp³-hybridized carbons (Fsp3) is 0.900. The lowest BCUT2D eigenvalue weighted by atomic mass is 9.85. The number of halogens is 1. The van der Waals surface area contributed by atoms with E-state index in [2.05, 4.69) is 15.9 Å². The zero-order chi connectivity index (χ0) is 9.84. The first-order valence-corrected chi connectivity index (χ1v) is 5.99. The normalized spacial score (nSPS) is 19.3. The van der Waals surface area contributed by atoms with Gasteiger partial charge >= 0.3 is 0 Å². The molecule has 1 aliphatic carbocycles. The van der Waals surface area contributed by atoms with Crippen LogP contribution in [0.3, 0.4) is 0 Å². The van der Waals surface area contributed by atoms with Crippen molar-refractivity contribution in [1.29, 1.82) is 0 Å². The van der Waals surface area contributed by atoms with Gasteiger partial charge in [0.2, 0.25) is 5.91 Å². The molecule has 0 aromatic heterocycles. The summed E-state index contributed by atoms with van der Waals surface area (Å²) in [7, 11) is 0. The summed E-state index contributed by atoms with van der Waals surface area (Å²) in [6.45, 7) is 5.74. The summed E-state index contributed by atoms with van der Waals surface area (Å²) in [6, 6.07) is 0. The van der Waals surface area contributed by atoms with E-state index in [1.54, 1.807) is 0 Å². The molecule has 3 heteroatoms. The Morgan fingerprint density at radius 1 is 1.62 bits per heavy atom. The fourth-order valence-electron chi connectivity index (χ4n) is 1.61. The smallest absolute Gasteiger partial charge is 0.236 e. The number of carbonyl (C=O) groups excluding carboxylic acids is 1.